The molecule has 0 aliphatic heterocycles. The predicted octanol–water partition coefficient (Wildman–Crippen LogP) is 6.02. The molecule has 3 aromatic rings. The second-order valence-electron chi connectivity index (χ2n) is 7.90. The fraction of sp³-hybridized carbons (Fsp3) is 0.435. The minimum atomic E-state index is -0.351. The van der Waals surface area contributed by atoms with Gasteiger partial charge in [0.1, 0.15) is 5.00 Å². The normalized spacial score (nSPS) is 13.5. The molecule has 0 saturated carbocycles. The quantitative estimate of drug-likeness (QED) is 0.338. The predicted molar refractivity (Wildman–Crippen MR) is 130 cm³/mol. The molecule has 1 aliphatic rings. The lowest BCUT2D eigenvalue weighted by Gasteiger charge is -2.08. The Morgan fingerprint density at radius 2 is 2.03 bits per heavy atom. The Bertz CT molecular complexity index is 1160. The number of carbonyl (C=O) groups excluding carboxylic acids is 2. The minimum Gasteiger partial charge on any atom is -0.462 e. The van der Waals surface area contributed by atoms with Crippen molar-refractivity contribution in [2.24, 2.45) is 0 Å². The van der Waals surface area contributed by atoms with E-state index >= 15 is 0 Å². The highest BCUT2D eigenvalue weighted by Crippen LogP contribution is 2.38. The zero-order chi connectivity index (χ0) is 22.8. The Balaban J connectivity index is 1.55. The summed E-state index contributed by atoms with van der Waals surface area (Å²) >= 11 is 9.13. The van der Waals surface area contributed by atoms with Gasteiger partial charge in [0, 0.05) is 4.88 Å². The van der Waals surface area contributed by atoms with Crippen LogP contribution in [0.5, 0.6) is 0 Å². The number of anilines is 1. The number of halogens is 1. The third-order valence-electron chi connectivity index (χ3n) is 5.63. The van der Waals surface area contributed by atoms with Gasteiger partial charge in [-0.15, -0.1) is 22.7 Å². The number of hydrogen-bond acceptors (Lipinski definition) is 6. The van der Waals surface area contributed by atoms with Crippen molar-refractivity contribution in [3.8, 4) is 0 Å². The fourth-order valence-corrected chi connectivity index (χ4v) is 6.20. The molecule has 9 heteroatoms. The fourth-order valence-electron chi connectivity index (χ4n) is 3.99. The number of fused-ring (bicyclic) bond motifs is 1. The first-order valence-electron chi connectivity index (χ1n) is 10.8. The number of aromatic nitrogens is 2. The molecule has 3 heterocycles. The molecule has 0 unspecified atom stereocenters. The summed E-state index contributed by atoms with van der Waals surface area (Å²) in [6.45, 7) is 6.46. The van der Waals surface area contributed by atoms with Crippen LogP contribution in [0.25, 0.3) is 0 Å². The molecular formula is C23H26ClN3O3S2. The van der Waals surface area contributed by atoms with Gasteiger partial charge >= 0.3 is 5.97 Å². The standard InChI is InChI=1S/C23H26ClN3O3S2/c1-4-30-23(29)19-16-8-6-5-7-9-17(16)32-22(19)25-21(28)18-10-15(12-31-18)11-27-14(3)20(24)13(2)26-27/h10,12H,4-9,11H2,1-3H3,(H,25,28). The molecule has 0 bridgehead atoms. The van der Waals surface area contributed by atoms with Crippen LogP contribution in [0.2, 0.25) is 5.02 Å². The maximum atomic E-state index is 13.0. The van der Waals surface area contributed by atoms with E-state index < -0.39 is 0 Å². The highest BCUT2D eigenvalue weighted by atomic mass is 35.5. The number of carbonyl (C=O) groups is 2. The Morgan fingerprint density at radius 3 is 2.75 bits per heavy atom. The second-order valence-corrected chi connectivity index (χ2v) is 10.3. The topological polar surface area (TPSA) is 73.2 Å². The van der Waals surface area contributed by atoms with Gasteiger partial charge in [0.25, 0.3) is 5.91 Å². The van der Waals surface area contributed by atoms with Crippen LogP contribution in [-0.4, -0.2) is 28.3 Å². The van der Waals surface area contributed by atoms with E-state index in [4.69, 9.17) is 16.3 Å². The first-order valence-corrected chi connectivity index (χ1v) is 12.9. The van der Waals surface area contributed by atoms with Gasteiger partial charge in [-0.3, -0.25) is 9.48 Å². The van der Waals surface area contributed by atoms with Crippen LogP contribution in [0.3, 0.4) is 0 Å². The second kappa shape index (κ2) is 9.77. The summed E-state index contributed by atoms with van der Waals surface area (Å²) in [6.07, 6.45) is 5.10. The van der Waals surface area contributed by atoms with Crippen LogP contribution in [-0.2, 0) is 24.1 Å². The van der Waals surface area contributed by atoms with E-state index in [1.165, 1.54) is 27.6 Å². The van der Waals surface area contributed by atoms with Crippen molar-refractivity contribution in [3.63, 3.8) is 0 Å². The first-order chi connectivity index (χ1) is 15.4. The number of nitrogens with zero attached hydrogens (tertiary/aromatic N) is 2. The van der Waals surface area contributed by atoms with E-state index in [9.17, 15) is 9.59 Å². The third kappa shape index (κ3) is 4.63. The lowest BCUT2D eigenvalue weighted by atomic mass is 10.1. The molecule has 0 aromatic carbocycles. The van der Waals surface area contributed by atoms with Crippen LogP contribution in [0.1, 0.15) is 73.6 Å². The monoisotopic (exact) mass is 491 g/mol. The van der Waals surface area contributed by atoms with Crippen molar-refractivity contribution >= 4 is 51.2 Å². The summed E-state index contributed by atoms with van der Waals surface area (Å²) < 4.78 is 7.16. The number of amides is 1. The molecule has 0 fully saturated rings. The van der Waals surface area contributed by atoms with Crippen molar-refractivity contribution in [2.45, 2.75) is 59.4 Å². The Kier molecular flexibility index (Phi) is 7.02. The highest BCUT2D eigenvalue weighted by molar-refractivity contribution is 7.17. The van der Waals surface area contributed by atoms with Crippen LogP contribution in [0.15, 0.2) is 11.4 Å². The summed E-state index contributed by atoms with van der Waals surface area (Å²) in [5, 5.41) is 10.7. The van der Waals surface area contributed by atoms with Gasteiger partial charge in [-0.05, 0) is 69.0 Å². The maximum Gasteiger partial charge on any atom is 0.341 e. The Morgan fingerprint density at radius 1 is 1.25 bits per heavy atom. The summed E-state index contributed by atoms with van der Waals surface area (Å²) in [5.41, 5.74) is 4.27. The highest BCUT2D eigenvalue weighted by Gasteiger charge is 2.27. The lowest BCUT2D eigenvalue weighted by Crippen LogP contribution is -2.14. The van der Waals surface area contributed by atoms with Crippen LogP contribution in [0, 0.1) is 13.8 Å². The molecule has 1 N–H and O–H groups in total. The van der Waals surface area contributed by atoms with Crippen LogP contribution in [0.4, 0.5) is 5.00 Å². The summed E-state index contributed by atoms with van der Waals surface area (Å²) in [4.78, 5) is 27.5. The molecular weight excluding hydrogens is 466 g/mol. The number of esters is 1. The molecule has 6 nitrogen and oxygen atoms in total. The van der Waals surface area contributed by atoms with Crippen molar-refractivity contribution in [1.29, 1.82) is 0 Å². The van der Waals surface area contributed by atoms with Gasteiger partial charge in [-0.1, -0.05) is 18.0 Å². The SMILES string of the molecule is CCOC(=O)c1c(NC(=O)c2cc(Cn3nc(C)c(Cl)c3C)cs2)sc2c1CCCCC2. The average molecular weight is 492 g/mol. The Labute approximate surface area is 200 Å². The number of thiophene rings is 2. The van der Waals surface area contributed by atoms with Crippen molar-refractivity contribution in [3.05, 3.63) is 54.3 Å². The zero-order valence-electron chi connectivity index (χ0n) is 18.4. The van der Waals surface area contributed by atoms with E-state index in [2.05, 4.69) is 10.4 Å². The molecule has 0 spiro atoms. The molecule has 0 radical (unpaired) electrons. The van der Waals surface area contributed by atoms with Gasteiger partial charge in [-0.2, -0.15) is 5.10 Å². The summed E-state index contributed by atoms with van der Waals surface area (Å²) in [6, 6.07) is 1.87. The lowest BCUT2D eigenvalue weighted by molar-refractivity contribution is 0.0527. The van der Waals surface area contributed by atoms with Gasteiger partial charge < -0.3 is 10.1 Å². The molecule has 0 saturated heterocycles. The molecule has 32 heavy (non-hydrogen) atoms. The molecule has 1 amide bonds. The number of nitrogens with one attached hydrogen (secondary N) is 1. The molecule has 0 atom stereocenters. The van der Waals surface area contributed by atoms with Gasteiger partial charge in [0.2, 0.25) is 0 Å². The van der Waals surface area contributed by atoms with E-state index in [0.717, 1.165) is 54.6 Å². The number of aryl methyl sites for hydroxylation is 2. The maximum absolute atomic E-state index is 13.0. The van der Waals surface area contributed by atoms with Crippen molar-refractivity contribution in [2.75, 3.05) is 11.9 Å². The Hall–Kier alpha value is -2.16. The molecule has 3 aromatic heterocycles. The zero-order valence-corrected chi connectivity index (χ0v) is 20.8. The first kappa shape index (κ1) is 23.0. The van der Waals surface area contributed by atoms with Gasteiger partial charge in [-0.25, -0.2) is 4.79 Å². The smallest absolute Gasteiger partial charge is 0.341 e. The number of hydrogen-bond donors (Lipinski definition) is 1. The van der Waals surface area contributed by atoms with Gasteiger partial charge in [0.05, 0.1) is 40.0 Å². The van der Waals surface area contributed by atoms with Crippen LogP contribution >= 0.6 is 34.3 Å². The minimum absolute atomic E-state index is 0.213. The summed E-state index contributed by atoms with van der Waals surface area (Å²) in [5.74, 6) is -0.565. The molecule has 170 valence electrons. The van der Waals surface area contributed by atoms with Gasteiger partial charge in [0.15, 0.2) is 0 Å². The largest absolute Gasteiger partial charge is 0.462 e. The van der Waals surface area contributed by atoms with E-state index in [0.29, 0.717) is 33.6 Å². The van der Waals surface area contributed by atoms with Crippen molar-refractivity contribution < 1.29 is 14.3 Å². The summed E-state index contributed by atoms with van der Waals surface area (Å²) in [7, 11) is 0. The number of rotatable bonds is 6. The molecule has 1 aliphatic carbocycles. The van der Waals surface area contributed by atoms with E-state index in [-0.39, 0.29) is 11.9 Å². The van der Waals surface area contributed by atoms with E-state index in [1.807, 2.05) is 30.0 Å². The van der Waals surface area contributed by atoms with Crippen LogP contribution < -0.4 is 5.32 Å². The van der Waals surface area contributed by atoms with Crippen molar-refractivity contribution in [1.82, 2.24) is 9.78 Å². The van der Waals surface area contributed by atoms with E-state index in [1.54, 1.807) is 6.92 Å². The average Bonchev–Trinajstić information content (AvgIpc) is 3.37. The third-order valence-corrected chi connectivity index (χ3v) is 8.36. The number of ether oxygens (including phenoxy) is 1. The molecule has 4 rings (SSSR count).